The lowest BCUT2D eigenvalue weighted by Gasteiger charge is -2.32. The molecule has 1 aliphatic rings. The molecular formula is C21H26N6O. The molecule has 7 nitrogen and oxygen atoms in total. The molecule has 3 heterocycles. The lowest BCUT2D eigenvalue weighted by molar-refractivity contribution is -0.126. The number of nitrogens with one attached hydrogen (secondary N) is 1. The van der Waals surface area contributed by atoms with E-state index in [2.05, 4.69) is 56.7 Å². The number of fused-ring (bicyclic) bond motifs is 1. The minimum atomic E-state index is 0.0778. The maximum absolute atomic E-state index is 12.6. The minimum absolute atomic E-state index is 0.0778. The van der Waals surface area contributed by atoms with E-state index in [1.807, 2.05) is 18.2 Å². The monoisotopic (exact) mass is 378 g/mol. The van der Waals surface area contributed by atoms with E-state index in [1.165, 1.54) is 5.56 Å². The van der Waals surface area contributed by atoms with E-state index in [4.69, 9.17) is 0 Å². The van der Waals surface area contributed by atoms with Crippen LogP contribution in [0.5, 0.6) is 0 Å². The van der Waals surface area contributed by atoms with Crippen LogP contribution in [-0.4, -0.2) is 44.8 Å². The van der Waals surface area contributed by atoms with Crippen molar-refractivity contribution in [1.29, 1.82) is 0 Å². The zero-order valence-corrected chi connectivity index (χ0v) is 16.2. The van der Waals surface area contributed by atoms with E-state index in [1.54, 1.807) is 10.8 Å². The predicted octanol–water partition coefficient (Wildman–Crippen LogP) is 2.48. The molecule has 0 bridgehead atoms. The van der Waals surface area contributed by atoms with Crippen molar-refractivity contribution in [3.05, 3.63) is 54.4 Å². The second kappa shape index (κ2) is 8.37. The quantitative estimate of drug-likeness (QED) is 0.713. The number of aryl methyl sites for hydroxylation is 1. The number of anilines is 1. The molecule has 0 radical (unpaired) electrons. The molecule has 1 saturated heterocycles. The fourth-order valence-electron chi connectivity index (χ4n) is 3.72. The van der Waals surface area contributed by atoms with Gasteiger partial charge in [0, 0.05) is 25.0 Å². The Kier molecular flexibility index (Phi) is 5.50. The van der Waals surface area contributed by atoms with Crippen LogP contribution < -0.4 is 10.2 Å². The van der Waals surface area contributed by atoms with Gasteiger partial charge in [0.2, 0.25) is 5.91 Å². The molecular weight excluding hydrogens is 352 g/mol. The number of carbonyl (C=O) groups is 1. The molecule has 1 N–H and O–H groups in total. The van der Waals surface area contributed by atoms with Gasteiger partial charge in [0.15, 0.2) is 5.65 Å². The Labute approximate surface area is 164 Å². The topological polar surface area (TPSA) is 75.4 Å². The first-order valence-corrected chi connectivity index (χ1v) is 9.95. The summed E-state index contributed by atoms with van der Waals surface area (Å²) in [5, 5.41) is 15.6. The second-order valence-corrected chi connectivity index (χ2v) is 7.52. The maximum atomic E-state index is 12.6. The number of carbonyl (C=O) groups excluding carboxylic acids is 1. The van der Waals surface area contributed by atoms with Crippen molar-refractivity contribution in [3.8, 4) is 0 Å². The first-order valence-electron chi connectivity index (χ1n) is 9.95. The van der Waals surface area contributed by atoms with Crippen LogP contribution in [0.3, 0.4) is 0 Å². The molecule has 0 spiro atoms. The van der Waals surface area contributed by atoms with E-state index < -0.39 is 0 Å². The maximum Gasteiger partial charge on any atom is 0.223 e. The first-order chi connectivity index (χ1) is 13.7. The van der Waals surface area contributed by atoms with Gasteiger partial charge in [-0.1, -0.05) is 30.3 Å². The number of hydrogen-bond donors (Lipinski definition) is 1. The number of nitrogens with zero attached hydrogens (tertiary/aromatic N) is 5. The van der Waals surface area contributed by atoms with Gasteiger partial charge in [0.1, 0.15) is 12.1 Å². The third-order valence-corrected chi connectivity index (χ3v) is 5.43. The zero-order chi connectivity index (χ0) is 19.3. The smallest absolute Gasteiger partial charge is 0.223 e. The molecule has 1 aromatic carbocycles. The van der Waals surface area contributed by atoms with E-state index in [0.29, 0.717) is 0 Å². The normalized spacial score (nSPS) is 16.2. The third kappa shape index (κ3) is 4.30. The van der Waals surface area contributed by atoms with Crippen LogP contribution in [-0.2, 0) is 11.2 Å². The lowest BCUT2D eigenvalue weighted by Crippen LogP contribution is -2.43. The van der Waals surface area contributed by atoms with Gasteiger partial charge >= 0.3 is 0 Å². The van der Waals surface area contributed by atoms with Gasteiger partial charge in [-0.25, -0.2) is 0 Å². The summed E-state index contributed by atoms with van der Waals surface area (Å²) in [5.41, 5.74) is 2.05. The van der Waals surface area contributed by atoms with Gasteiger partial charge in [-0.05, 0) is 50.3 Å². The van der Waals surface area contributed by atoms with Crippen LogP contribution in [0.4, 0.5) is 5.82 Å². The van der Waals surface area contributed by atoms with Crippen LogP contribution in [0.2, 0.25) is 0 Å². The Bertz CT molecular complexity index is 917. The first kappa shape index (κ1) is 18.4. The molecule has 2 aromatic heterocycles. The summed E-state index contributed by atoms with van der Waals surface area (Å²) in [4.78, 5) is 14.9. The average Bonchev–Trinajstić information content (AvgIpc) is 3.21. The second-order valence-electron chi connectivity index (χ2n) is 7.52. The van der Waals surface area contributed by atoms with Crippen LogP contribution >= 0.6 is 0 Å². The minimum Gasteiger partial charge on any atom is -0.355 e. The number of hydrogen-bond acceptors (Lipinski definition) is 5. The number of benzene rings is 1. The molecule has 146 valence electrons. The molecule has 28 heavy (non-hydrogen) atoms. The molecule has 1 atom stereocenters. The Balaban J connectivity index is 1.25. The van der Waals surface area contributed by atoms with E-state index in [-0.39, 0.29) is 17.9 Å². The number of amides is 1. The van der Waals surface area contributed by atoms with Crippen LogP contribution in [0.15, 0.2) is 48.8 Å². The van der Waals surface area contributed by atoms with Gasteiger partial charge in [-0.2, -0.15) is 4.52 Å². The number of rotatable bonds is 6. The Morgan fingerprint density at radius 2 is 1.96 bits per heavy atom. The predicted molar refractivity (Wildman–Crippen MR) is 108 cm³/mol. The fraction of sp³-hybridized carbons (Fsp3) is 0.429. The van der Waals surface area contributed by atoms with Crippen molar-refractivity contribution in [2.75, 3.05) is 18.0 Å². The van der Waals surface area contributed by atoms with E-state index >= 15 is 0 Å². The van der Waals surface area contributed by atoms with Crippen molar-refractivity contribution < 1.29 is 4.79 Å². The molecule has 1 fully saturated rings. The molecule has 0 unspecified atom stereocenters. The van der Waals surface area contributed by atoms with Crippen molar-refractivity contribution in [2.45, 2.75) is 38.6 Å². The highest BCUT2D eigenvalue weighted by Gasteiger charge is 2.26. The van der Waals surface area contributed by atoms with Gasteiger partial charge in [-0.3, -0.25) is 4.79 Å². The van der Waals surface area contributed by atoms with Crippen LogP contribution in [0.25, 0.3) is 5.65 Å². The summed E-state index contributed by atoms with van der Waals surface area (Å²) >= 11 is 0. The van der Waals surface area contributed by atoms with Crippen molar-refractivity contribution in [2.24, 2.45) is 5.92 Å². The Hall–Kier alpha value is -2.96. The fourth-order valence-corrected chi connectivity index (χ4v) is 3.72. The largest absolute Gasteiger partial charge is 0.355 e. The molecule has 0 aliphatic carbocycles. The SMILES string of the molecule is C[C@@H](CCc1ccccc1)NC(=O)C1CCN(c2ccc3nncn3n2)CC1. The summed E-state index contributed by atoms with van der Waals surface area (Å²) in [6, 6.07) is 14.5. The van der Waals surface area contributed by atoms with Crippen LogP contribution in [0, 0.1) is 5.92 Å². The third-order valence-electron chi connectivity index (χ3n) is 5.43. The highest BCUT2D eigenvalue weighted by Crippen LogP contribution is 2.22. The Morgan fingerprint density at radius 1 is 1.18 bits per heavy atom. The number of piperidine rings is 1. The van der Waals surface area contributed by atoms with Crippen LogP contribution in [0.1, 0.15) is 31.7 Å². The Morgan fingerprint density at radius 3 is 2.75 bits per heavy atom. The highest BCUT2D eigenvalue weighted by molar-refractivity contribution is 5.79. The summed E-state index contributed by atoms with van der Waals surface area (Å²) in [5.74, 6) is 1.17. The molecule has 1 aliphatic heterocycles. The highest BCUT2D eigenvalue weighted by atomic mass is 16.1. The van der Waals surface area contributed by atoms with Crippen molar-refractivity contribution in [1.82, 2.24) is 25.1 Å². The average molecular weight is 378 g/mol. The summed E-state index contributed by atoms with van der Waals surface area (Å²) in [7, 11) is 0. The van der Waals surface area contributed by atoms with Crippen molar-refractivity contribution in [3.63, 3.8) is 0 Å². The van der Waals surface area contributed by atoms with Gasteiger partial charge in [-0.15, -0.1) is 15.3 Å². The van der Waals surface area contributed by atoms with Gasteiger partial charge < -0.3 is 10.2 Å². The van der Waals surface area contributed by atoms with E-state index in [9.17, 15) is 4.79 Å². The lowest BCUT2D eigenvalue weighted by atomic mass is 9.95. The summed E-state index contributed by atoms with van der Waals surface area (Å²) < 4.78 is 1.68. The summed E-state index contributed by atoms with van der Waals surface area (Å²) in [6.45, 7) is 3.75. The van der Waals surface area contributed by atoms with E-state index in [0.717, 1.165) is 50.2 Å². The summed E-state index contributed by atoms with van der Waals surface area (Å²) in [6.07, 6.45) is 5.24. The molecule has 7 heteroatoms. The zero-order valence-electron chi connectivity index (χ0n) is 16.2. The van der Waals surface area contributed by atoms with Gasteiger partial charge in [0.25, 0.3) is 0 Å². The molecule has 0 saturated carbocycles. The molecule has 3 aromatic rings. The van der Waals surface area contributed by atoms with Crippen molar-refractivity contribution >= 4 is 17.4 Å². The standard InChI is InChI=1S/C21H26N6O/c1-16(7-8-17-5-3-2-4-6-17)23-21(28)18-11-13-26(14-12-18)20-10-9-19-24-22-15-27(19)25-20/h2-6,9-10,15-16,18H,7-8,11-14H2,1H3,(H,23,28)/t16-/m0/s1. The van der Waals surface area contributed by atoms with Gasteiger partial charge in [0.05, 0.1) is 0 Å². The molecule has 4 rings (SSSR count). The molecule has 1 amide bonds. The number of aromatic nitrogens is 4.